The monoisotopic (exact) mass is 334 g/mol. The van der Waals surface area contributed by atoms with Crippen LogP contribution in [0, 0.1) is 5.92 Å². The van der Waals surface area contributed by atoms with E-state index in [9.17, 15) is 9.59 Å². The van der Waals surface area contributed by atoms with Crippen molar-refractivity contribution in [3.63, 3.8) is 0 Å². The van der Waals surface area contributed by atoms with Crippen molar-refractivity contribution >= 4 is 11.6 Å². The molecule has 1 unspecified atom stereocenters. The molecule has 0 radical (unpaired) electrons. The molecule has 2 aromatic rings. The van der Waals surface area contributed by atoms with Gasteiger partial charge in [0.25, 0.3) is 0 Å². The molecule has 0 saturated heterocycles. The Morgan fingerprint density at radius 3 is 2.08 bits per heavy atom. The van der Waals surface area contributed by atoms with E-state index in [1.165, 1.54) is 24.8 Å². The summed E-state index contributed by atoms with van der Waals surface area (Å²) in [5, 5.41) is 0. The van der Waals surface area contributed by atoms with E-state index in [4.69, 9.17) is 0 Å². The number of hydrogen-bond acceptors (Lipinski definition) is 2. The number of carbonyl (C=O) groups excluding carboxylic acids is 2. The fourth-order valence-electron chi connectivity index (χ4n) is 3.86. The first-order valence-electron chi connectivity index (χ1n) is 9.33. The summed E-state index contributed by atoms with van der Waals surface area (Å²) in [5.74, 6) is 0.762. The molecule has 0 aliphatic heterocycles. The first-order valence-corrected chi connectivity index (χ1v) is 9.33. The first kappa shape index (κ1) is 17.6. The lowest BCUT2D eigenvalue weighted by atomic mass is 9.79. The van der Waals surface area contributed by atoms with Crippen molar-refractivity contribution in [2.24, 2.45) is 5.92 Å². The average Bonchev–Trinajstić information content (AvgIpc) is 2.67. The van der Waals surface area contributed by atoms with E-state index in [0.29, 0.717) is 17.8 Å². The van der Waals surface area contributed by atoms with Crippen LogP contribution in [0.2, 0.25) is 0 Å². The molecule has 2 aromatic carbocycles. The third-order valence-electron chi connectivity index (χ3n) is 5.39. The van der Waals surface area contributed by atoms with Crippen molar-refractivity contribution in [3.8, 4) is 0 Å². The summed E-state index contributed by atoms with van der Waals surface area (Å²) in [6, 6.07) is 18.0. The molecule has 1 saturated carbocycles. The Hall–Kier alpha value is -2.22. The van der Waals surface area contributed by atoms with Gasteiger partial charge >= 0.3 is 0 Å². The summed E-state index contributed by atoms with van der Waals surface area (Å²) in [6.07, 6.45) is 6.26. The Morgan fingerprint density at radius 1 is 0.880 bits per heavy atom. The van der Waals surface area contributed by atoms with E-state index < -0.39 is 0 Å². The van der Waals surface area contributed by atoms with Gasteiger partial charge < -0.3 is 0 Å². The number of carbonyl (C=O) groups is 2. The Balaban J connectivity index is 1.84. The molecule has 0 heterocycles. The van der Waals surface area contributed by atoms with Gasteiger partial charge in [0, 0.05) is 23.8 Å². The number of hydrogen-bond donors (Lipinski definition) is 0. The van der Waals surface area contributed by atoms with Gasteiger partial charge in [-0.1, -0.05) is 73.9 Å². The summed E-state index contributed by atoms with van der Waals surface area (Å²) in [4.78, 5) is 24.4. The van der Waals surface area contributed by atoms with Crippen LogP contribution in [0.5, 0.6) is 0 Å². The zero-order valence-corrected chi connectivity index (χ0v) is 14.9. The van der Waals surface area contributed by atoms with Crippen LogP contribution in [0.15, 0.2) is 54.6 Å². The van der Waals surface area contributed by atoms with Crippen molar-refractivity contribution < 1.29 is 9.59 Å². The summed E-state index contributed by atoms with van der Waals surface area (Å²) < 4.78 is 0. The van der Waals surface area contributed by atoms with Crippen LogP contribution < -0.4 is 0 Å². The maximum Gasteiger partial charge on any atom is 0.159 e. The van der Waals surface area contributed by atoms with Crippen LogP contribution in [0.3, 0.4) is 0 Å². The Labute approximate surface area is 150 Å². The number of rotatable bonds is 6. The van der Waals surface area contributed by atoms with Crippen LogP contribution >= 0.6 is 0 Å². The van der Waals surface area contributed by atoms with Crippen LogP contribution in [-0.2, 0) is 4.79 Å². The van der Waals surface area contributed by atoms with E-state index >= 15 is 0 Å². The predicted molar refractivity (Wildman–Crippen MR) is 101 cm³/mol. The molecule has 0 amide bonds. The smallest absolute Gasteiger partial charge is 0.159 e. The summed E-state index contributed by atoms with van der Waals surface area (Å²) in [6.45, 7) is 1.58. The van der Waals surface area contributed by atoms with E-state index in [1.807, 2.05) is 42.5 Å². The highest BCUT2D eigenvalue weighted by Gasteiger charge is 2.25. The molecule has 1 aliphatic carbocycles. The SMILES string of the molecule is CC(=O)c1ccc(C(CC(=O)C2CCCCC2)c2ccccc2)cc1. The molecule has 1 atom stereocenters. The molecule has 0 aromatic heterocycles. The van der Waals surface area contributed by atoms with Gasteiger partial charge in [0.15, 0.2) is 5.78 Å². The van der Waals surface area contributed by atoms with Gasteiger partial charge in [-0.15, -0.1) is 0 Å². The topological polar surface area (TPSA) is 34.1 Å². The number of Topliss-reactive ketones (excluding diaryl/α,β-unsaturated/α-hetero) is 2. The van der Waals surface area contributed by atoms with Gasteiger partial charge in [0.1, 0.15) is 5.78 Å². The van der Waals surface area contributed by atoms with E-state index in [-0.39, 0.29) is 17.6 Å². The zero-order chi connectivity index (χ0) is 17.6. The fraction of sp³-hybridized carbons (Fsp3) is 0.391. The summed E-state index contributed by atoms with van der Waals surface area (Å²) >= 11 is 0. The maximum atomic E-state index is 12.9. The molecular formula is C23H26O2. The second kappa shape index (κ2) is 8.24. The number of ketones is 2. The van der Waals surface area contributed by atoms with Crippen LogP contribution in [-0.4, -0.2) is 11.6 Å². The highest BCUT2D eigenvalue weighted by Crippen LogP contribution is 2.33. The molecule has 130 valence electrons. The molecule has 1 fully saturated rings. The van der Waals surface area contributed by atoms with E-state index in [0.717, 1.165) is 18.4 Å². The third kappa shape index (κ3) is 4.45. The molecule has 3 rings (SSSR count). The lowest BCUT2D eigenvalue weighted by Crippen LogP contribution is -2.20. The highest BCUT2D eigenvalue weighted by molar-refractivity contribution is 5.94. The molecule has 25 heavy (non-hydrogen) atoms. The Kier molecular flexibility index (Phi) is 5.80. The second-order valence-electron chi connectivity index (χ2n) is 7.15. The van der Waals surface area contributed by atoms with Gasteiger partial charge in [-0.2, -0.15) is 0 Å². The molecule has 2 nitrogen and oxygen atoms in total. The lowest BCUT2D eigenvalue weighted by molar-refractivity contribution is -0.124. The largest absolute Gasteiger partial charge is 0.299 e. The van der Waals surface area contributed by atoms with Crippen LogP contribution in [0.25, 0.3) is 0 Å². The molecule has 2 heteroatoms. The van der Waals surface area contributed by atoms with Gasteiger partial charge in [-0.25, -0.2) is 0 Å². The highest BCUT2D eigenvalue weighted by atomic mass is 16.1. The van der Waals surface area contributed by atoms with Crippen molar-refractivity contribution in [2.75, 3.05) is 0 Å². The molecular weight excluding hydrogens is 308 g/mol. The van der Waals surface area contributed by atoms with Crippen LogP contribution in [0.1, 0.15) is 72.9 Å². The second-order valence-corrected chi connectivity index (χ2v) is 7.15. The molecule has 0 N–H and O–H groups in total. The Bertz CT molecular complexity index is 710. The molecule has 0 spiro atoms. The van der Waals surface area contributed by atoms with Gasteiger partial charge in [0.05, 0.1) is 0 Å². The van der Waals surface area contributed by atoms with Gasteiger partial charge in [-0.3, -0.25) is 9.59 Å². The minimum Gasteiger partial charge on any atom is -0.299 e. The van der Waals surface area contributed by atoms with E-state index in [2.05, 4.69) is 12.1 Å². The normalized spacial score (nSPS) is 16.4. The Morgan fingerprint density at radius 2 is 1.48 bits per heavy atom. The van der Waals surface area contributed by atoms with Crippen molar-refractivity contribution in [2.45, 2.75) is 51.4 Å². The van der Waals surface area contributed by atoms with E-state index in [1.54, 1.807) is 6.92 Å². The van der Waals surface area contributed by atoms with Crippen molar-refractivity contribution in [1.82, 2.24) is 0 Å². The molecule has 0 bridgehead atoms. The quantitative estimate of drug-likeness (QED) is 0.648. The average molecular weight is 334 g/mol. The standard InChI is InChI=1S/C23H26O2/c1-17(24)18-12-14-20(15-13-18)22(19-8-4-2-5-9-19)16-23(25)21-10-6-3-7-11-21/h2,4-5,8-9,12-15,21-22H,3,6-7,10-11,16H2,1H3. The maximum absolute atomic E-state index is 12.9. The predicted octanol–water partition coefficient (Wildman–Crippen LogP) is 5.56. The molecule has 1 aliphatic rings. The minimum atomic E-state index is 0.0663. The summed E-state index contributed by atoms with van der Waals surface area (Å²) in [7, 11) is 0. The fourth-order valence-corrected chi connectivity index (χ4v) is 3.86. The van der Waals surface area contributed by atoms with Crippen molar-refractivity contribution in [1.29, 1.82) is 0 Å². The minimum absolute atomic E-state index is 0.0663. The van der Waals surface area contributed by atoms with Crippen LogP contribution in [0.4, 0.5) is 0 Å². The zero-order valence-electron chi connectivity index (χ0n) is 14.9. The number of benzene rings is 2. The van der Waals surface area contributed by atoms with Gasteiger partial charge in [-0.05, 0) is 30.9 Å². The lowest BCUT2D eigenvalue weighted by Gasteiger charge is -2.24. The first-order chi connectivity index (χ1) is 12.1. The van der Waals surface area contributed by atoms with Gasteiger partial charge in [0.2, 0.25) is 0 Å². The van der Waals surface area contributed by atoms with Crippen molar-refractivity contribution in [3.05, 3.63) is 71.3 Å². The third-order valence-corrected chi connectivity index (χ3v) is 5.39. The summed E-state index contributed by atoms with van der Waals surface area (Å²) in [5.41, 5.74) is 3.00.